The zero-order valence-corrected chi connectivity index (χ0v) is 12.9. The van der Waals surface area contributed by atoms with Crippen molar-refractivity contribution in [3.05, 3.63) is 35.4 Å². The standard InChI is InChI=1S/C17H20N2O3/c1-12-6-8-19(9-7-12)16(20)13(2)22-17(21)15-5-3-4-14(10-15)11-18/h3-5,10,12-13H,6-9H2,1-2H3/t13-/m0/s1. The van der Waals surface area contributed by atoms with Gasteiger partial charge >= 0.3 is 5.97 Å². The number of nitriles is 1. The summed E-state index contributed by atoms with van der Waals surface area (Å²) in [7, 11) is 0. The van der Waals surface area contributed by atoms with E-state index in [-0.39, 0.29) is 11.5 Å². The van der Waals surface area contributed by atoms with E-state index < -0.39 is 12.1 Å². The molecule has 1 fully saturated rings. The predicted molar refractivity (Wildman–Crippen MR) is 81.0 cm³/mol. The van der Waals surface area contributed by atoms with Crippen molar-refractivity contribution in [1.82, 2.24) is 4.90 Å². The Morgan fingerprint density at radius 2 is 2.05 bits per heavy atom. The second-order valence-electron chi connectivity index (χ2n) is 5.75. The van der Waals surface area contributed by atoms with E-state index >= 15 is 0 Å². The highest BCUT2D eigenvalue weighted by molar-refractivity contribution is 5.92. The quantitative estimate of drug-likeness (QED) is 0.803. The van der Waals surface area contributed by atoms with Crippen molar-refractivity contribution < 1.29 is 14.3 Å². The molecule has 5 heteroatoms. The van der Waals surface area contributed by atoms with Crippen molar-refractivity contribution in [3.63, 3.8) is 0 Å². The van der Waals surface area contributed by atoms with Gasteiger partial charge in [0.25, 0.3) is 5.91 Å². The van der Waals surface area contributed by atoms with Crippen molar-refractivity contribution in [2.24, 2.45) is 5.92 Å². The van der Waals surface area contributed by atoms with Crippen LogP contribution in [-0.4, -0.2) is 36.0 Å². The number of benzene rings is 1. The van der Waals surface area contributed by atoms with Gasteiger partial charge in [0.05, 0.1) is 17.2 Å². The number of rotatable bonds is 3. The maximum atomic E-state index is 12.3. The average Bonchev–Trinajstić information content (AvgIpc) is 2.54. The smallest absolute Gasteiger partial charge is 0.338 e. The molecule has 0 saturated carbocycles. The topological polar surface area (TPSA) is 70.4 Å². The van der Waals surface area contributed by atoms with E-state index in [1.807, 2.05) is 6.07 Å². The summed E-state index contributed by atoms with van der Waals surface area (Å²) in [5, 5.41) is 8.84. The van der Waals surface area contributed by atoms with Crippen molar-refractivity contribution >= 4 is 11.9 Å². The Labute approximate surface area is 130 Å². The zero-order valence-electron chi connectivity index (χ0n) is 12.9. The summed E-state index contributed by atoms with van der Waals surface area (Å²) < 4.78 is 5.24. The first-order chi connectivity index (χ1) is 10.5. The molecule has 1 aromatic rings. The molecular weight excluding hydrogens is 280 g/mol. The molecule has 116 valence electrons. The van der Waals surface area contributed by atoms with Crippen LogP contribution in [0.3, 0.4) is 0 Å². The Morgan fingerprint density at radius 3 is 2.68 bits per heavy atom. The lowest BCUT2D eigenvalue weighted by Crippen LogP contribution is -2.44. The van der Waals surface area contributed by atoms with Gasteiger partial charge in [0.1, 0.15) is 0 Å². The summed E-state index contributed by atoms with van der Waals surface area (Å²) in [4.78, 5) is 26.1. The molecule has 5 nitrogen and oxygen atoms in total. The van der Waals surface area contributed by atoms with Gasteiger partial charge in [-0.05, 0) is 43.9 Å². The fourth-order valence-electron chi connectivity index (χ4n) is 2.48. The SMILES string of the molecule is CC1CCN(C(=O)[C@H](C)OC(=O)c2cccc(C#N)c2)CC1. The molecule has 2 rings (SSSR count). The molecule has 0 spiro atoms. The van der Waals surface area contributed by atoms with Crippen LogP contribution < -0.4 is 0 Å². The van der Waals surface area contributed by atoms with Gasteiger partial charge < -0.3 is 9.64 Å². The van der Waals surface area contributed by atoms with Crippen LogP contribution >= 0.6 is 0 Å². The summed E-state index contributed by atoms with van der Waals surface area (Å²) in [6.45, 7) is 5.19. The highest BCUT2D eigenvalue weighted by Gasteiger charge is 2.27. The molecule has 22 heavy (non-hydrogen) atoms. The van der Waals surface area contributed by atoms with Crippen LogP contribution in [0.15, 0.2) is 24.3 Å². The number of carbonyl (C=O) groups is 2. The third-order valence-electron chi connectivity index (χ3n) is 3.95. The third-order valence-corrected chi connectivity index (χ3v) is 3.95. The van der Waals surface area contributed by atoms with Gasteiger partial charge in [-0.2, -0.15) is 5.26 Å². The number of hydrogen-bond donors (Lipinski definition) is 0. The summed E-state index contributed by atoms with van der Waals surface area (Å²) in [6, 6.07) is 8.23. The highest BCUT2D eigenvalue weighted by Crippen LogP contribution is 2.17. The Bertz CT molecular complexity index is 598. The first kappa shape index (κ1) is 16.0. The molecule has 1 aliphatic rings. The minimum atomic E-state index is -0.813. The maximum Gasteiger partial charge on any atom is 0.338 e. The Hall–Kier alpha value is -2.35. The van der Waals surface area contributed by atoms with Crippen molar-refractivity contribution in [1.29, 1.82) is 5.26 Å². The Balaban J connectivity index is 1.96. The largest absolute Gasteiger partial charge is 0.449 e. The fraction of sp³-hybridized carbons (Fsp3) is 0.471. The lowest BCUT2D eigenvalue weighted by atomic mass is 9.99. The van der Waals surface area contributed by atoms with Crippen LogP contribution in [0, 0.1) is 17.2 Å². The summed E-state index contributed by atoms with van der Waals surface area (Å²) >= 11 is 0. The van der Waals surface area contributed by atoms with Gasteiger partial charge in [0.15, 0.2) is 6.10 Å². The van der Waals surface area contributed by atoms with Gasteiger partial charge in [-0.15, -0.1) is 0 Å². The summed E-state index contributed by atoms with van der Waals surface area (Å²) in [5.41, 5.74) is 0.671. The van der Waals surface area contributed by atoms with Crippen LogP contribution in [-0.2, 0) is 9.53 Å². The van der Waals surface area contributed by atoms with E-state index in [4.69, 9.17) is 10.00 Å². The minimum Gasteiger partial charge on any atom is -0.449 e. The van der Waals surface area contributed by atoms with E-state index in [1.165, 1.54) is 6.07 Å². The molecule has 1 aromatic carbocycles. The maximum absolute atomic E-state index is 12.3. The van der Waals surface area contributed by atoms with E-state index in [9.17, 15) is 9.59 Å². The second-order valence-corrected chi connectivity index (χ2v) is 5.75. The molecule has 0 aliphatic carbocycles. The Morgan fingerprint density at radius 1 is 1.36 bits per heavy atom. The van der Waals surface area contributed by atoms with Crippen LogP contribution in [0.5, 0.6) is 0 Å². The summed E-state index contributed by atoms with van der Waals surface area (Å²) in [5.74, 6) is -0.101. The molecule has 0 unspecified atom stereocenters. The van der Waals surface area contributed by atoms with E-state index in [2.05, 4.69) is 6.92 Å². The average molecular weight is 300 g/mol. The first-order valence-corrected chi connectivity index (χ1v) is 7.51. The molecule has 1 saturated heterocycles. The molecule has 1 amide bonds. The van der Waals surface area contributed by atoms with Crippen molar-refractivity contribution in [2.45, 2.75) is 32.8 Å². The number of ether oxygens (including phenoxy) is 1. The molecule has 0 aromatic heterocycles. The fourth-order valence-corrected chi connectivity index (χ4v) is 2.48. The van der Waals surface area contributed by atoms with E-state index in [0.29, 0.717) is 24.6 Å². The molecule has 1 atom stereocenters. The van der Waals surface area contributed by atoms with Gasteiger partial charge in [-0.1, -0.05) is 13.0 Å². The molecule has 0 N–H and O–H groups in total. The monoisotopic (exact) mass is 300 g/mol. The normalized spacial score (nSPS) is 16.7. The second kappa shape index (κ2) is 7.08. The molecule has 1 aliphatic heterocycles. The van der Waals surface area contributed by atoms with Gasteiger partial charge in [-0.25, -0.2) is 4.79 Å². The molecule has 1 heterocycles. The number of esters is 1. The van der Waals surface area contributed by atoms with Gasteiger partial charge in [0, 0.05) is 13.1 Å². The number of hydrogen-bond acceptors (Lipinski definition) is 4. The van der Waals surface area contributed by atoms with E-state index in [1.54, 1.807) is 30.0 Å². The van der Waals surface area contributed by atoms with Crippen molar-refractivity contribution in [2.75, 3.05) is 13.1 Å². The molecule has 0 radical (unpaired) electrons. The number of piperidine rings is 1. The van der Waals surface area contributed by atoms with E-state index in [0.717, 1.165) is 12.8 Å². The van der Waals surface area contributed by atoms with Crippen LogP contribution in [0.4, 0.5) is 0 Å². The number of carbonyl (C=O) groups excluding carboxylic acids is 2. The molecular formula is C17H20N2O3. The molecule has 0 bridgehead atoms. The van der Waals surface area contributed by atoms with Gasteiger partial charge in [0.2, 0.25) is 0 Å². The first-order valence-electron chi connectivity index (χ1n) is 7.51. The highest BCUT2D eigenvalue weighted by atomic mass is 16.5. The number of likely N-dealkylation sites (tertiary alicyclic amines) is 1. The number of amides is 1. The van der Waals surface area contributed by atoms with Crippen LogP contribution in [0.1, 0.15) is 42.6 Å². The lowest BCUT2D eigenvalue weighted by Gasteiger charge is -2.31. The zero-order chi connectivity index (χ0) is 16.1. The predicted octanol–water partition coefficient (Wildman–Crippen LogP) is 2.36. The lowest BCUT2D eigenvalue weighted by molar-refractivity contribution is -0.141. The van der Waals surface area contributed by atoms with Crippen molar-refractivity contribution in [3.8, 4) is 6.07 Å². The number of nitrogens with zero attached hydrogens (tertiary/aromatic N) is 2. The van der Waals surface area contributed by atoms with Crippen LogP contribution in [0.2, 0.25) is 0 Å². The van der Waals surface area contributed by atoms with Crippen LogP contribution in [0.25, 0.3) is 0 Å². The third kappa shape index (κ3) is 3.85. The summed E-state index contributed by atoms with van der Waals surface area (Å²) in [6.07, 6.45) is 1.15. The minimum absolute atomic E-state index is 0.156. The Kier molecular flexibility index (Phi) is 5.16. The van der Waals surface area contributed by atoms with Gasteiger partial charge in [-0.3, -0.25) is 4.79 Å².